The number of ether oxygens (including phenoxy) is 1. The van der Waals surface area contributed by atoms with Crippen LogP contribution in [0.2, 0.25) is 0 Å². The standard InChI is InChI=1S/C13H20N4O3S/c1-21(18,19)17-7-8-20-11-13(10-17)3-6-16(9-13)12-14-4-2-5-15-12/h2,4-5H,3,6-11H2,1H3/t13-/m1/s1. The zero-order chi connectivity index (χ0) is 14.9. The summed E-state index contributed by atoms with van der Waals surface area (Å²) in [5.41, 5.74) is -0.168. The van der Waals surface area contributed by atoms with Crippen molar-refractivity contribution in [3.63, 3.8) is 0 Å². The van der Waals surface area contributed by atoms with Crippen LogP contribution in [0.1, 0.15) is 6.42 Å². The van der Waals surface area contributed by atoms with Crippen LogP contribution in [0.15, 0.2) is 18.5 Å². The number of rotatable bonds is 2. The number of aromatic nitrogens is 2. The van der Waals surface area contributed by atoms with E-state index in [-0.39, 0.29) is 5.41 Å². The van der Waals surface area contributed by atoms with Gasteiger partial charge in [-0.2, -0.15) is 4.31 Å². The molecule has 116 valence electrons. The molecule has 3 rings (SSSR count). The van der Waals surface area contributed by atoms with Gasteiger partial charge in [0.1, 0.15) is 0 Å². The van der Waals surface area contributed by atoms with Gasteiger partial charge in [-0.3, -0.25) is 0 Å². The summed E-state index contributed by atoms with van der Waals surface area (Å²) in [5.74, 6) is 0.699. The van der Waals surface area contributed by atoms with Gasteiger partial charge in [-0.25, -0.2) is 18.4 Å². The Morgan fingerprint density at radius 1 is 1.24 bits per heavy atom. The predicted molar refractivity (Wildman–Crippen MR) is 78.5 cm³/mol. The molecule has 0 N–H and O–H groups in total. The second kappa shape index (κ2) is 5.51. The van der Waals surface area contributed by atoms with Gasteiger partial charge in [-0.1, -0.05) is 0 Å². The Labute approximate surface area is 125 Å². The smallest absolute Gasteiger partial charge is 0.225 e. The Kier molecular flexibility index (Phi) is 3.85. The lowest BCUT2D eigenvalue weighted by atomic mass is 9.88. The summed E-state index contributed by atoms with van der Waals surface area (Å²) in [6.07, 6.45) is 5.59. The first-order chi connectivity index (χ1) is 9.99. The Morgan fingerprint density at radius 3 is 2.71 bits per heavy atom. The van der Waals surface area contributed by atoms with Crippen LogP contribution in [0, 0.1) is 5.41 Å². The monoisotopic (exact) mass is 312 g/mol. The van der Waals surface area contributed by atoms with E-state index in [9.17, 15) is 8.42 Å². The van der Waals surface area contributed by atoms with Gasteiger partial charge in [0.25, 0.3) is 0 Å². The van der Waals surface area contributed by atoms with Gasteiger partial charge in [0, 0.05) is 44.0 Å². The molecule has 7 nitrogen and oxygen atoms in total. The predicted octanol–water partition coefficient (Wildman–Crippen LogP) is -0.0351. The molecular weight excluding hydrogens is 292 g/mol. The van der Waals surface area contributed by atoms with Crippen LogP contribution in [0.25, 0.3) is 0 Å². The molecule has 2 aliphatic rings. The summed E-state index contributed by atoms with van der Waals surface area (Å²) >= 11 is 0. The quantitative estimate of drug-likeness (QED) is 0.763. The van der Waals surface area contributed by atoms with Crippen molar-refractivity contribution in [2.75, 3.05) is 50.5 Å². The van der Waals surface area contributed by atoms with Crippen LogP contribution in [-0.2, 0) is 14.8 Å². The molecule has 1 aromatic heterocycles. The first-order valence-corrected chi connectivity index (χ1v) is 8.88. The molecule has 2 fully saturated rings. The molecule has 2 saturated heterocycles. The van der Waals surface area contributed by atoms with E-state index in [0.29, 0.717) is 32.3 Å². The fourth-order valence-corrected chi connectivity index (χ4v) is 3.96. The van der Waals surface area contributed by atoms with E-state index >= 15 is 0 Å². The minimum absolute atomic E-state index is 0.168. The van der Waals surface area contributed by atoms with Crippen LogP contribution in [0.4, 0.5) is 5.95 Å². The highest BCUT2D eigenvalue weighted by atomic mass is 32.2. The van der Waals surface area contributed by atoms with Crippen molar-refractivity contribution in [2.45, 2.75) is 6.42 Å². The molecule has 3 heterocycles. The topological polar surface area (TPSA) is 75.6 Å². The van der Waals surface area contributed by atoms with Gasteiger partial charge < -0.3 is 9.64 Å². The van der Waals surface area contributed by atoms with Crippen molar-refractivity contribution >= 4 is 16.0 Å². The van der Waals surface area contributed by atoms with Crippen LogP contribution < -0.4 is 4.90 Å². The van der Waals surface area contributed by atoms with Crippen molar-refractivity contribution in [1.82, 2.24) is 14.3 Å². The largest absolute Gasteiger partial charge is 0.379 e. The van der Waals surface area contributed by atoms with Gasteiger partial charge in [-0.15, -0.1) is 0 Å². The molecule has 0 unspecified atom stereocenters. The molecule has 1 aromatic rings. The Balaban J connectivity index is 1.78. The average molecular weight is 312 g/mol. The molecule has 0 amide bonds. The van der Waals surface area contributed by atoms with Crippen LogP contribution in [0.5, 0.6) is 0 Å². The van der Waals surface area contributed by atoms with E-state index in [2.05, 4.69) is 14.9 Å². The van der Waals surface area contributed by atoms with Gasteiger partial charge >= 0.3 is 0 Å². The summed E-state index contributed by atoms with van der Waals surface area (Å²) in [4.78, 5) is 10.7. The molecule has 2 aliphatic heterocycles. The minimum atomic E-state index is -3.19. The normalized spacial score (nSPS) is 28.0. The van der Waals surface area contributed by atoms with Crippen molar-refractivity contribution in [3.8, 4) is 0 Å². The maximum Gasteiger partial charge on any atom is 0.225 e. The molecule has 0 saturated carbocycles. The van der Waals surface area contributed by atoms with E-state index in [1.165, 1.54) is 10.6 Å². The Bertz CT molecular complexity index is 595. The molecule has 0 aliphatic carbocycles. The summed E-state index contributed by atoms with van der Waals surface area (Å²) in [7, 11) is -3.19. The van der Waals surface area contributed by atoms with Crippen LogP contribution >= 0.6 is 0 Å². The van der Waals surface area contributed by atoms with Gasteiger partial charge in [-0.05, 0) is 12.5 Å². The lowest BCUT2D eigenvalue weighted by Gasteiger charge is -2.30. The lowest BCUT2D eigenvalue weighted by molar-refractivity contribution is 0.0807. The van der Waals surface area contributed by atoms with Crippen molar-refractivity contribution in [3.05, 3.63) is 18.5 Å². The molecule has 21 heavy (non-hydrogen) atoms. The summed E-state index contributed by atoms with van der Waals surface area (Å²) in [5, 5.41) is 0. The highest BCUT2D eigenvalue weighted by molar-refractivity contribution is 7.88. The second-order valence-electron chi connectivity index (χ2n) is 5.87. The number of hydrogen-bond donors (Lipinski definition) is 0. The molecule has 8 heteroatoms. The highest BCUT2D eigenvalue weighted by Gasteiger charge is 2.43. The zero-order valence-electron chi connectivity index (χ0n) is 12.1. The third-order valence-electron chi connectivity index (χ3n) is 4.15. The SMILES string of the molecule is CS(=O)(=O)N1CCOC[C@@]2(CCN(c3ncccn3)C2)C1. The minimum Gasteiger partial charge on any atom is -0.379 e. The molecular formula is C13H20N4O3S. The maximum atomic E-state index is 11.9. The third-order valence-corrected chi connectivity index (χ3v) is 5.40. The summed E-state index contributed by atoms with van der Waals surface area (Å²) in [6, 6.07) is 1.79. The van der Waals surface area contributed by atoms with Crippen molar-refractivity contribution in [1.29, 1.82) is 0 Å². The van der Waals surface area contributed by atoms with Gasteiger partial charge in [0.05, 0.1) is 19.5 Å². The van der Waals surface area contributed by atoms with Crippen LogP contribution in [-0.4, -0.2) is 68.3 Å². The molecule has 1 atom stereocenters. The third kappa shape index (κ3) is 3.17. The Morgan fingerprint density at radius 2 is 2.00 bits per heavy atom. The van der Waals surface area contributed by atoms with E-state index in [4.69, 9.17) is 4.74 Å². The zero-order valence-corrected chi connectivity index (χ0v) is 12.9. The molecule has 0 aromatic carbocycles. The number of hydrogen-bond acceptors (Lipinski definition) is 6. The molecule has 0 radical (unpaired) electrons. The first-order valence-electron chi connectivity index (χ1n) is 7.03. The summed E-state index contributed by atoms with van der Waals surface area (Å²) in [6.45, 7) is 3.53. The highest BCUT2D eigenvalue weighted by Crippen LogP contribution is 2.35. The number of nitrogens with zero attached hydrogens (tertiary/aromatic N) is 4. The maximum absolute atomic E-state index is 11.9. The second-order valence-corrected chi connectivity index (χ2v) is 7.85. The van der Waals surface area contributed by atoms with Crippen molar-refractivity contribution < 1.29 is 13.2 Å². The Hall–Kier alpha value is -1.25. The van der Waals surface area contributed by atoms with Gasteiger partial charge in [0.2, 0.25) is 16.0 Å². The lowest BCUT2D eigenvalue weighted by Crippen LogP contribution is -2.43. The van der Waals surface area contributed by atoms with E-state index < -0.39 is 10.0 Å². The average Bonchev–Trinajstić information content (AvgIpc) is 2.73. The van der Waals surface area contributed by atoms with E-state index in [0.717, 1.165) is 19.5 Å². The number of sulfonamides is 1. The molecule has 1 spiro atoms. The van der Waals surface area contributed by atoms with Crippen molar-refractivity contribution in [2.24, 2.45) is 5.41 Å². The fraction of sp³-hybridized carbons (Fsp3) is 0.692. The number of anilines is 1. The van der Waals surface area contributed by atoms with Crippen LogP contribution in [0.3, 0.4) is 0 Å². The van der Waals surface area contributed by atoms with E-state index in [1.54, 1.807) is 18.5 Å². The fourth-order valence-electron chi connectivity index (χ4n) is 3.04. The molecule has 0 bridgehead atoms. The van der Waals surface area contributed by atoms with Gasteiger partial charge in [0.15, 0.2) is 0 Å². The van der Waals surface area contributed by atoms with E-state index in [1.807, 2.05) is 0 Å². The first kappa shape index (κ1) is 14.7. The summed E-state index contributed by atoms with van der Waals surface area (Å²) < 4.78 is 30.9.